The Labute approximate surface area is 222 Å². The summed E-state index contributed by atoms with van der Waals surface area (Å²) in [5.41, 5.74) is 0.574. The molecule has 1 aliphatic heterocycles. The van der Waals surface area contributed by atoms with E-state index < -0.39 is 33.8 Å². The summed E-state index contributed by atoms with van der Waals surface area (Å²) in [5, 5.41) is 1.71. The maximum absolute atomic E-state index is 14.2. The SMILES string of the molecule is COC(=O)c1ccc(N2C(=O)CC(N(C3CCCCCC3)S(=O)(=O)c3ccc4ccccc4c3)C2=O)cc1. The number of nitrogens with zero attached hydrogens (tertiary/aromatic N) is 2. The first-order chi connectivity index (χ1) is 18.3. The van der Waals surface area contributed by atoms with Crippen LogP contribution >= 0.6 is 0 Å². The highest BCUT2D eigenvalue weighted by Crippen LogP contribution is 2.35. The lowest BCUT2D eigenvalue weighted by Gasteiger charge is -2.34. The van der Waals surface area contributed by atoms with Crippen molar-refractivity contribution < 1.29 is 27.5 Å². The maximum Gasteiger partial charge on any atom is 0.337 e. The number of esters is 1. The quantitative estimate of drug-likeness (QED) is 0.259. The van der Waals surface area contributed by atoms with Crippen molar-refractivity contribution in [2.24, 2.45) is 0 Å². The third kappa shape index (κ3) is 4.83. The largest absolute Gasteiger partial charge is 0.465 e. The molecule has 5 rings (SSSR count). The Morgan fingerprint density at radius 3 is 2.21 bits per heavy atom. The summed E-state index contributed by atoms with van der Waals surface area (Å²) in [6.07, 6.45) is 4.79. The van der Waals surface area contributed by atoms with Gasteiger partial charge in [0.2, 0.25) is 15.9 Å². The highest BCUT2D eigenvalue weighted by Gasteiger charge is 2.49. The van der Waals surface area contributed by atoms with Gasteiger partial charge in [-0.3, -0.25) is 9.59 Å². The summed E-state index contributed by atoms with van der Waals surface area (Å²) in [6.45, 7) is 0. The molecule has 1 saturated heterocycles. The minimum absolute atomic E-state index is 0.113. The van der Waals surface area contributed by atoms with Crippen molar-refractivity contribution >= 4 is 44.3 Å². The first-order valence-corrected chi connectivity index (χ1v) is 14.3. The van der Waals surface area contributed by atoms with E-state index in [9.17, 15) is 22.8 Å². The van der Waals surface area contributed by atoms with Gasteiger partial charge in [-0.1, -0.05) is 56.0 Å². The van der Waals surface area contributed by atoms with Gasteiger partial charge in [0, 0.05) is 6.04 Å². The number of carbonyl (C=O) groups excluding carboxylic acids is 3. The van der Waals surface area contributed by atoms with Gasteiger partial charge in [-0.25, -0.2) is 18.1 Å². The van der Waals surface area contributed by atoms with Gasteiger partial charge in [-0.05, 0) is 60.0 Å². The second-order valence-electron chi connectivity index (χ2n) is 9.82. The van der Waals surface area contributed by atoms with Crippen LogP contribution < -0.4 is 4.90 Å². The average molecular weight is 535 g/mol. The smallest absolute Gasteiger partial charge is 0.337 e. The average Bonchev–Trinajstić information content (AvgIpc) is 3.08. The molecule has 0 radical (unpaired) electrons. The van der Waals surface area contributed by atoms with Gasteiger partial charge in [0.05, 0.1) is 29.7 Å². The molecule has 8 nitrogen and oxygen atoms in total. The summed E-state index contributed by atoms with van der Waals surface area (Å²) in [7, 11) is -2.83. The summed E-state index contributed by atoms with van der Waals surface area (Å²) in [6, 6.07) is 16.9. The Balaban J connectivity index is 1.53. The van der Waals surface area contributed by atoms with Gasteiger partial charge in [-0.15, -0.1) is 0 Å². The molecule has 38 heavy (non-hydrogen) atoms. The number of benzene rings is 3. The first-order valence-electron chi connectivity index (χ1n) is 12.9. The molecule has 198 valence electrons. The zero-order chi connectivity index (χ0) is 26.9. The number of amides is 2. The molecular weight excluding hydrogens is 504 g/mol. The lowest BCUT2D eigenvalue weighted by molar-refractivity contribution is -0.122. The van der Waals surface area contributed by atoms with Gasteiger partial charge in [-0.2, -0.15) is 4.31 Å². The number of hydrogen-bond acceptors (Lipinski definition) is 6. The van der Waals surface area contributed by atoms with E-state index in [1.54, 1.807) is 18.2 Å². The van der Waals surface area contributed by atoms with Crippen LogP contribution in [-0.4, -0.2) is 49.7 Å². The van der Waals surface area contributed by atoms with Crippen molar-refractivity contribution in [3.05, 3.63) is 72.3 Å². The zero-order valence-electron chi connectivity index (χ0n) is 21.2. The molecule has 1 unspecified atom stereocenters. The van der Waals surface area contributed by atoms with Crippen LogP contribution in [0.2, 0.25) is 0 Å². The topological polar surface area (TPSA) is 101 Å². The third-order valence-corrected chi connectivity index (χ3v) is 9.41. The van der Waals surface area contributed by atoms with Crippen molar-refractivity contribution in [1.82, 2.24) is 4.31 Å². The first kappa shape index (κ1) is 26.1. The molecule has 1 atom stereocenters. The lowest BCUT2D eigenvalue weighted by Crippen LogP contribution is -2.50. The van der Waals surface area contributed by atoms with Gasteiger partial charge < -0.3 is 4.74 Å². The Bertz CT molecular complexity index is 1480. The van der Waals surface area contributed by atoms with Gasteiger partial charge in [0.25, 0.3) is 5.91 Å². The van der Waals surface area contributed by atoms with E-state index in [0.29, 0.717) is 18.5 Å². The van der Waals surface area contributed by atoms with E-state index in [1.165, 1.54) is 35.7 Å². The lowest BCUT2D eigenvalue weighted by atomic mass is 10.1. The van der Waals surface area contributed by atoms with Crippen LogP contribution in [0.3, 0.4) is 0 Å². The molecule has 2 amide bonds. The normalized spacial score (nSPS) is 19.2. The summed E-state index contributed by atoms with van der Waals surface area (Å²) >= 11 is 0. The minimum atomic E-state index is -4.10. The van der Waals surface area contributed by atoms with Crippen LogP contribution in [0.25, 0.3) is 10.8 Å². The Morgan fingerprint density at radius 1 is 0.895 bits per heavy atom. The van der Waals surface area contributed by atoms with E-state index in [4.69, 9.17) is 4.74 Å². The van der Waals surface area contributed by atoms with Crippen LogP contribution in [0.4, 0.5) is 5.69 Å². The number of rotatable bonds is 6. The number of anilines is 1. The molecule has 2 fully saturated rings. The molecule has 0 N–H and O–H groups in total. The number of fused-ring (bicyclic) bond motifs is 1. The second kappa shape index (κ2) is 10.7. The minimum Gasteiger partial charge on any atom is -0.465 e. The van der Waals surface area contributed by atoms with Gasteiger partial charge in [0.15, 0.2) is 0 Å². The van der Waals surface area contributed by atoms with Crippen molar-refractivity contribution in [2.75, 3.05) is 12.0 Å². The van der Waals surface area contributed by atoms with Crippen molar-refractivity contribution in [2.45, 2.75) is 61.9 Å². The van der Waals surface area contributed by atoms with Crippen LogP contribution in [0.15, 0.2) is 71.6 Å². The molecule has 9 heteroatoms. The van der Waals surface area contributed by atoms with E-state index in [-0.39, 0.29) is 22.9 Å². The number of methoxy groups -OCH3 is 1. The molecule has 1 aliphatic carbocycles. The fourth-order valence-electron chi connectivity index (χ4n) is 5.53. The molecule has 1 saturated carbocycles. The summed E-state index contributed by atoms with van der Waals surface area (Å²) in [4.78, 5) is 39.9. The van der Waals surface area contributed by atoms with Crippen molar-refractivity contribution in [3.63, 3.8) is 0 Å². The fourth-order valence-corrected chi connectivity index (χ4v) is 7.39. The van der Waals surface area contributed by atoms with Crippen LogP contribution in [-0.2, 0) is 24.3 Å². The van der Waals surface area contributed by atoms with Crippen LogP contribution in [0, 0.1) is 0 Å². The molecule has 3 aromatic rings. The standard InChI is InChI=1S/C29H30N2O6S/c1-37-29(34)21-12-15-23(16-13-21)30-27(32)19-26(28(30)33)31(24-10-4-2-3-5-11-24)38(35,36)25-17-14-20-8-6-7-9-22(20)18-25/h6-9,12-18,24,26H,2-5,10-11,19H2,1H3. The predicted molar refractivity (Wildman–Crippen MR) is 143 cm³/mol. The summed E-state index contributed by atoms with van der Waals surface area (Å²) < 4.78 is 34.5. The van der Waals surface area contributed by atoms with Crippen LogP contribution in [0.5, 0.6) is 0 Å². The highest BCUT2D eigenvalue weighted by molar-refractivity contribution is 7.89. The third-order valence-electron chi connectivity index (χ3n) is 7.46. The Morgan fingerprint density at radius 2 is 1.55 bits per heavy atom. The van der Waals surface area contributed by atoms with Gasteiger partial charge in [0.1, 0.15) is 6.04 Å². The number of ether oxygens (including phenoxy) is 1. The number of hydrogen-bond donors (Lipinski definition) is 0. The second-order valence-corrected chi connectivity index (χ2v) is 11.7. The Kier molecular flexibility index (Phi) is 7.32. The van der Waals surface area contributed by atoms with E-state index in [0.717, 1.165) is 41.4 Å². The number of sulfonamides is 1. The van der Waals surface area contributed by atoms with Crippen LogP contribution in [0.1, 0.15) is 55.3 Å². The number of carbonyl (C=O) groups is 3. The molecule has 0 spiro atoms. The van der Waals surface area contributed by atoms with E-state index >= 15 is 0 Å². The molecule has 0 aromatic heterocycles. The van der Waals surface area contributed by atoms with E-state index in [2.05, 4.69) is 0 Å². The molecule has 0 bridgehead atoms. The summed E-state index contributed by atoms with van der Waals surface area (Å²) in [5.74, 6) is -1.58. The highest BCUT2D eigenvalue weighted by atomic mass is 32.2. The molecule has 2 aliphatic rings. The predicted octanol–water partition coefficient (Wildman–Crippen LogP) is 4.67. The maximum atomic E-state index is 14.2. The van der Waals surface area contributed by atoms with Crippen molar-refractivity contribution in [3.8, 4) is 0 Å². The van der Waals surface area contributed by atoms with Gasteiger partial charge >= 0.3 is 5.97 Å². The monoisotopic (exact) mass is 534 g/mol. The zero-order valence-corrected chi connectivity index (χ0v) is 22.0. The fraction of sp³-hybridized carbons (Fsp3) is 0.345. The number of imide groups is 1. The van der Waals surface area contributed by atoms with Crippen molar-refractivity contribution in [1.29, 1.82) is 0 Å². The molecular formula is C29H30N2O6S. The molecule has 1 heterocycles. The molecule has 3 aromatic carbocycles. The Hall–Kier alpha value is -3.56. The van der Waals surface area contributed by atoms with E-state index in [1.807, 2.05) is 24.3 Å².